The molecule has 1 aliphatic heterocycles. The van der Waals surface area contributed by atoms with Crippen LogP contribution in [0.4, 0.5) is 4.39 Å². The van der Waals surface area contributed by atoms with Gasteiger partial charge in [-0.25, -0.2) is 4.39 Å². The average molecular weight is 376 g/mol. The summed E-state index contributed by atoms with van der Waals surface area (Å²) in [5.74, 6) is -0.827. The number of rotatable bonds is 4. The maximum absolute atomic E-state index is 13.6. The molecule has 2 aromatic rings. The molecule has 1 aliphatic rings. The third kappa shape index (κ3) is 3.69. The highest BCUT2D eigenvalue weighted by atomic mass is 19.1. The van der Waals surface area contributed by atoms with Crippen molar-refractivity contribution in [3.8, 4) is 11.8 Å². The van der Waals surface area contributed by atoms with Crippen LogP contribution in [-0.2, 0) is 16.2 Å². The van der Waals surface area contributed by atoms with Crippen molar-refractivity contribution >= 4 is 17.9 Å². The number of hydrogen-bond acceptors (Lipinski definition) is 4. The van der Waals surface area contributed by atoms with Gasteiger partial charge in [-0.1, -0.05) is 30.3 Å². The molecule has 2 aromatic carbocycles. The van der Waals surface area contributed by atoms with Gasteiger partial charge in [0.15, 0.2) is 0 Å². The lowest BCUT2D eigenvalue weighted by atomic mass is 9.94. The Morgan fingerprint density at radius 1 is 1.11 bits per heavy atom. The van der Waals surface area contributed by atoms with E-state index in [1.807, 2.05) is 6.07 Å². The SMILES string of the molecule is CC1=C(C#N)C(=O)N(C)C(=O)/C1=C/c1ccc(OCc2ccccc2F)cc1. The fraction of sp³-hybridized carbons (Fsp3) is 0.136. The first-order valence-electron chi connectivity index (χ1n) is 8.54. The zero-order valence-electron chi connectivity index (χ0n) is 15.4. The standard InChI is InChI=1S/C22H17FN2O3/c1-14-18(21(26)25(2)22(27)19(14)12-24)11-15-7-9-17(10-8-15)28-13-16-5-3-4-6-20(16)23/h3-11H,13H2,1-2H3/b18-11+. The molecule has 0 saturated carbocycles. The predicted octanol–water partition coefficient (Wildman–Crippen LogP) is 3.63. The van der Waals surface area contributed by atoms with E-state index in [9.17, 15) is 19.2 Å². The van der Waals surface area contributed by atoms with Gasteiger partial charge in [-0.3, -0.25) is 14.5 Å². The molecule has 0 saturated heterocycles. The number of hydrogen-bond donors (Lipinski definition) is 0. The second-order valence-corrected chi connectivity index (χ2v) is 6.29. The first-order chi connectivity index (χ1) is 13.4. The molecule has 28 heavy (non-hydrogen) atoms. The number of amides is 2. The fourth-order valence-electron chi connectivity index (χ4n) is 2.80. The van der Waals surface area contributed by atoms with E-state index in [1.54, 1.807) is 55.5 Å². The van der Waals surface area contributed by atoms with Crippen LogP contribution in [0.1, 0.15) is 18.1 Å². The normalized spacial score (nSPS) is 15.8. The van der Waals surface area contributed by atoms with Crippen LogP contribution in [0.2, 0.25) is 0 Å². The number of carbonyl (C=O) groups excluding carboxylic acids is 2. The molecule has 6 heteroatoms. The number of likely N-dealkylation sites (N-methyl/N-ethyl adjacent to an activating group) is 1. The van der Waals surface area contributed by atoms with Crippen molar-refractivity contribution in [2.24, 2.45) is 0 Å². The van der Waals surface area contributed by atoms with Crippen LogP contribution in [0, 0.1) is 17.1 Å². The van der Waals surface area contributed by atoms with Crippen LogP contribution in [0.3, 0.4) is 0 Å². The molecule has 0 fully saturated rings. The molecule has 0 unspecified atom stereocenters. The number of imide groups is 1. The summed E-state index contributed by atoms with van der Waals surface area (Å²) in [6.07, 6.45) is 1.62. The summed E-state index contributed by atoms with van der Waals surface area (Å²) >= 11 is 0. The molecule has 1 heterocycles. The van der Waals surface area contributed by atoms with Crippen molar-refractivity contribution in [2.75, 3.05) is 7.05 Å². The zero-order chi connectivity index (χ0) is 20.3. The number of carbonyl (C=O) groups is 2. The van der Waals surface area contributed by atoms with Gasteiger partial charge in [0, 0.05) is 18.2 Å². The minimum absolute atomic E-state index is 0.0433. The number of ether oxygens (including phenoxy) is 1. The van der Waals surface area contributed by atoms with Gasteiger partial charge in [0.25, 0.3) is 11.8 Å². The zero-order valence-corrected chi connectivity index (χ0v) is 15.4. The molecule has 3 rings (SSSR count). The Labute approximate surface area is 162 Å². The van der Waals surface area contributed by atoms with E-state index in [2.05, 4.69) is 0 Å². The summed E-state index contributed by atoms with van der Waals surface area (Å²) in [7, 11) is 1.35. The Morgan fingerprint density at radius 2 is 1.79 bits per heavy atom. The first kappa shape index (κ1) is 19.1. The second kappa shape index (κ2) is 7.89. The van der Waals surface area contributed by atoms with Crippen molar-refractivity contribution in [1.29, 1.82) is 5.26 Å². The van der Waals surface area contributed by atoms with E-state index in [1.165, 1.54) is 13.1 Å². The van der Waals surface area contributed by atoms with Gasteiger partial charge in [-0.15, -0.1) is 0 Å². The Hall–Kier alpha value is -3.72. The summed E-state index contributed by atoms with van der Waals surface area (Å²) in [4.78, 5) is 25.3. The van der Waals surface area contributed by atoms with Crippen molar-refractivity contribution in [1.82, 2.24) is 4.90 Å². The van der Waals surface area contributed by atoms with Crippen molar-refractivity contribution in [2.45, 2.75) is 13.5 Å². The van der Waals surface area contributed by atoms with Gasteiger partial charge in [-0.2, -0.15) is 5.26 Å². The summed E-state index contributed by atoms with van der Waals surface area (Å²) in [6.45, 7) is 1.69. The molecule has 140 valence electrons. The molecular formula is C22H17FN2O3. The molecule has 0 aliphatic carbocycles. The van der Waals surface area contributed by atoms with E-state index >= 15 is 0 Å². The number of nitrogens with zero attached hydrogens (tertiary/aromatic N) is 2. The van der Waals surface area contributed by atoms with Crippen LogP contribution >= 0.6 is 0 Å². The molecule has 5 nitrogen and oxygen atoms in total. The molecular weight excluding hydrogens is 359 g/mol. The second-order valence-electron chi connectivity index (χ2n) is 6.29. The molecule has 0 atom stereocenters. The molecule has 2 amide bonds. The Morgan fingerprint density at radius 3 is 2.43 bits per heavy atom. The number of halogens is 1. The largest absolute Gasteiger partial charge is 0.489 e. The topological polar surface area (TPSA) is 70.4 Å². The Kier molecular flexibility index (Phi) is 5.37. The predicted molar refractivity (Wildman–Crippen MR) is 101 cm³/mol. The van der Waals surface area contributed by atoms with Gasteiger partial charge in [0.2, 0.25) is 0 Å². The van der Waals surface area contributed by atoms with E-state index < -0.39 is 11.8 Å². The van der Waals surface area contributed by atoms with Gasteiger partial charge in [0.05, 0.1) is 0 Å². The summed E-state index contributed by atoms with van der Waals surface area (Å²) in [5, 5.41) is 9.19. The van der Waals surface area contributed by atoms with Gasteiger partial charge < -0.3 is 4.74 Å². The average Bonchev–Trinajstić information content (AvgIpc) is 2.70. The third-order valence-corrected chi connectivity index (χ3v) is 4.49. The minimum atomic E-state index is -0.598. The number of nitriles is 1. The summed E-state index contributed by atoms with van der Waals surface area (Å²) in [6, 6.07) is 15.2. The Balaban J connectivity index is 1.81. The van der Waals surface area contributed by atoms with Crippen LogP contribution in [0.15, 0.2) is 65.3 Å². The smallest absolute Gasteiger partial charge is 0.271 e. The highest BCUT2D eigenvalue weighted by Gasteiger charge is 2.32. The summed E-state index contributed by atoms with van der Waals surface area (Å²) < 4.78 is 19.2. The van der Waals surface area contributed by atoms with Crippen molar-refractivity contribution < 1.29 is 18.7 Å². The minimum Gasteiger partial charge on any atom is -0.489 e. The molecule has 0 radical (unpaired) electrons. The van der Waals surface area contributed by atoms with Gasteiger partial charge >= 0.3 is 0 Å². The van der Waals surface area contributed by atoms with E-state index in [-0.39, 0.29) is 18.0 Å². The van der Waals surface area contributed by atoms with E-state index in [4.69, 9.17) is 4.74 Å². The van der Waals surface area contributed by atoms with E-state index in [0.717, 1.165) is 4.90 Å². The van der Waals surface area contributed by atoms with Crippen LogP contribution < -0.4 is 4.74 Å². The lowest BCUT2D eigenvalue weighted by molar-refractivity contribution is -0.138. The monoisotopic (exact) mass is 376 g/mol. The molecule has 0 N–H and O–H groups in total. The maximum Gasteiger partial charge on any atom is 0.271 e. The highest BCUT2D eigenvalue weighted by Crippen LogP contribution is 2.26. The van der Waals surface area contributed by atoms with Crippen molar-refractivity contribution in [3.63, 3.8) is 0 Å². The quantitative estimate of drug-likeness (QED) is 0.604. The lowest BCUT2D eigenvalue weighted by Crippen LogP contribution is -2.39. The van der Waals surface area contributed by atoms with Crippen LogP contribution in [0.5, 0.6) is 5.75 Å². The maximum atomic E-state index is 13.6. The van der Waals surface area contributed by atoms with Gasteiger partial charge in [0.1, 0.15) is 29.8 Å². The number of benzene rings is 2. The fourth-order valence-corrected chi connectivity index (χ4v) is 2.80. The van der Waals surface area contributed by atoms with Crippen molar-refractivity contribution in [3.05, 3.63) is 82.2 Å². The van der Waals surface area contributed by atoms with Gasteiger partial charge in [-0.05, 0) is 42.3 Å². The summed E-state index contributed by atoms with van der Waals surface area (Å²) in [5.41, 5.74) is 1.77. The molecule has 0 bridgehead atoms. The highest BCUT2D eigenvalue weighted by molar-refractivity contribution is 6.19. The first-order valence-corrected chi connectivity index (χ1v) is 8.54. The molecule has 0 aromatic heterocycles. The van der Waals surface area contributed by atoms with Crippen LogP contribution in [-0.4, -0.2) is 23.8 Å². The lowest BCUT2D eigenvalue weighted by Gasteiger charge is -2.23. The third-order valence-electron chi connectivity index (χ3n) is 4.49. The van der Waals surface area contributed by atoms with Crippen LogP contribution in [0.25, 0.3) is 6.08 Å². The molecule has 0 spiro atoms. The Bertz CT molecular complexity index is 1050. The van der Waals surface area contributed by atoms with E-state index in [0.29, 0.717) is 28.0 Å².